The first-order valence-corrected chi connectivity index (χ1v) is 11.7. The van der Waals surface area contributed by atoms with Crippen LogP contribution in [0.1, 0.15) is 38.2 Å². The molecule has 0 saturated heterocycles. The first-order chi connectivity index (χ1) is 16.4. The van der Waals surface area contributed by atoms with Crippen molar-refractivity contribution in [1.82, 2.24) is 0 Å². The van der Waals surface area contributed by atoms with E-state index < -0.39 is 30.3 Å². The van der Waals surface area contributed by atoms with E-state index in [1.165, 1.54) is 6.92 Å². The fourth-order valence-corrected chi connectivity index (χ4v) is 4.76. The lowest BCUT2D eigenvalue weighted by atomic mass is 9.78. The Balaban J connectivity index is 1.33. The average Bonchev–Trinajstić information content (AvgIpc) is 3.27. The van der Waals surface area contributed by atoms with Crippen molar-refractivity contribution in [2.24, 2.45) is 11.8 Å². The van der Waals surface area contributed by atoms with E-state index in [9.17, 15) is 19.2 Å². The topological polar surface area (TPSA) is 105 Å². The highest BCUT2D eigenvalue weighted by Gasteiger charge is 2.40. The van der Waals surface area contributed by atoms with Crippen molar-refractivity contribution in [2.45, 2.75) is 39.0 Å². The Morgan fingerprint density at radius 3 is 2.26 bits per heavy atom. The molecule has 2 aliphatic rings. The minimum absolute atomic E-state index is 0.0321. The Labute approximate surface area is 198 Å². The van der Waals surface area contributed by atoms with Gasteiger partial charge in [0.1, 0.15) is 0 Å². The summed E-state index contributed by atoms with van der Waals surface area (Å²) in [6.45, 7) is 1.62. The van der Waals surface area contributed by atoms with Crippen molar-refractivity contribution in [3.8, 4) is 0 Å². The molecule has 8 nitrogen and oxygen atoms in total. The quantitative estimate of drug-likeness (QED) is 0.638. The molecule has 4 rings (SSSR count). The third-order valence-electron chi connectivity index (χ3n) is 6.37. The van der Waals surface area contributed by atoms with E-state index in [0.29, 0.717) is 30.8 Å². The Kier molecular flexibility index (Phi) is 7.25. The first-order valence-electron chi connectivity index (χ1n) is 11.7. The van der Waals surface area contributed by atoms with Gasteiger partial charge in [0, 0.05) is 30.5 Å². The number of carbonyl (C=O) groups is 4. The fraction of sp³-hybridized carbons (Fsp3) is 0.385. The molecule has 1 heterocycles. The molecule has 2 atom stereocenters. The lowest BCUT2D eigenvalue weighted by molar-refractivity contribution is -0.156. The molecule has 34 heavy (non-hydrogen) atoms. The van der Waals surface area contributed by atoms with Crippen molar-refractivity contribution in [2.75, 3.05) is 28.7 Å². The maximum atomic E-state index is 13.4. The number of nitrogens with zero attached hydrogens (tertiary/aromatic N) is 1. The summed E-state index contributed by atoms with van der Waals surface area (Å²) >= 11 is 0. The van der Waals surface area contributed by atoms with Crippen LogP contribution < -0.4 is 15.5 Å². The molecule has 0 spiro atoms. The second-order valence-electron chi connectivity index (χ2n) is 8.78. The summed E-state index contributed by atoms with van der Waals surface area (Å²) in [4.78, 5) is 51.4. The number of carbonyl (C=O) groups excluding carboxylic acids is 4. The van der Waals surface area contributed by atoms with E-state index in [-0.39, 0.29) is 11.8 Å². The van der Waals surface area contributed by atoms with Crippen LogP contribution in [0.25, 0.3) is 0 Å². The summed E-state index contributed by atoms with van der Waals surface area (Å²) in [6, 6.07) is 14.5. The largest absolute Gasteiger partial charge is 0.455 e. The third kappa shape index (κ3) is 5.44. The standard InChI is InChI=1S/C26H29N3O5/c1-17(30)27-19-10-12-20(13-11-19)28-24(31)16-34-26(33)22-8-4-3-7-21(22)25(32)29-15-14-18-6-2-5-9-23(18)29/h2,5-6,9-13,21-22H,3-4,7-8,14-16H2,1H3,(H,27,30)(H,28,31). The van der Waals surface area contributed by atoms with Crippen LogP contribution >= 0.6 is 0 Å². The molecule has 1 aliphatic heterocycles. The summed E-state index contributed by atoms with van der Waals surface area (Å²) in [6.07, 6.45) is 3.79. The molecule has 178 valence electrons. The molecule has 0 radical (unpaired) electrons. The molecule has 1 fully saturated rings. The molecule has 2 N–H and O–H groups in total. The number of hydrogen-bond acceptors (Lipinski definition) is 5. The number of hydrogen-bond donors (Lipinski definition) is 2. The minimum Gasteiger partial charge on any atom is -0.455 e. The number of anilines is 3. The molecule has 2 unspecified atom stereocenters. The monoisotopic (exact) mass is 463 g/mol. The molecule has 8 heteroatoms. The Morgan fingerprint density at radius 2 is 1.56 bits per heavy atom. The molecule has 1 aliphatic carbocycles. The smallest absolute Gasteiger partial charge is 0.310 e. The first kappa shape index (κ1) is 23.5. The maximum Gasteiger partial charge on any atom is 0.310 e. The van der Waals surface area contributed by atoms with E-state index in [4.69, 9.17) is 4.74 Å². The van der Waals surface area contributed by atoms with Crippen molar-refractivity contribution < 1.29 is 23.9 Å². The normalized spacial score (nSPS) is 19.1. The second kappa shape index (κ2) is 10.5. The van der Waals surface area contributed by atoms with Gasteiger partial charge in [-0.15, -0.1) is 0 Å². The van der Waals surface area contributed by atoms with Gasteiger partial charge in [0.2, 0.25) is 11.8 Å². The lowest BCUT2D eigenvalue weighted by Crippen LogP contribution is -2.42. The molecule has 1 saturated carbocycles. The van der Waals surface area contributed by atoms with Crippen molar-refractivity contribution in [1.29, 1.82) is 0 Å². The summed E-state index contributed by atoms with van der Waals surface area (Å²) < 4.78 is 5.33. The zero-order valence-corrected chi connectivity index (χ0v) is 19.2. The summed E-state index contributed by atoms with van der Waals surface area (Å²) in [7, 11) is 0. The van der Waals surface area contributed by atoms with E-state index in [1.54, 1.807) is 29.2 Å². The minimum atomic E-state index is -0.543. The van der Waals surface area contributed by atoms with Crippen LogP contribution in [-0.2, 0) is 30.3 Å². The highest BCUT2D eigenvalue weighted by atomic mass is 16.5. The molecule has 2 aromatic rings. The van der Waals surface area contributed by atoms with E-state index in [0.717, 1.165) is 30.5 Å². The maximum absolute atomic E-state index is 13.4. The summed E-state index contributed by atoms with van der Waals surface area (Å²) in [5.74, 6) is -2.16. The van der Waals surface area contributed by atoms with Crippen LogP contribution in [0, 0.1) is 11.8 Å². The second-order valence-corrected chi connectivity index (χ2v) is 8.78. The number of esters is 1. The predicted octanol–water partition coefficient (Wildman–Crippen LogP) is 3.52. The van der Waals surface area contributed by atoms with E-state index in [2.05, 4.69) is 10.6 Å². The molecule has 0 bridgehead atoms. The van der Waals surface area contributed by atoms with E-state index in [1.807, 2.05) is 24.3 Å². The van der Waals surface area contributed by atoms with Gasteiger partial charge in [-0.05, 0) is 55.2 Å². The van der Waals surface area contributed by atoms with Crippen LogP contribution in [0.2, 0.25) is 0 Å². The van der Waals surface area contributed by atoms with Crippen molar-refractivity contribution in [3.05, 3.63) is 54.1 Å². The zero-order chi connectivity index (χ0) is 24.1. The average molecular weight is 464 g/mol. The number of fused-ring (bicyclic) bond motifs is 1. The number of rotatable bonds is 6. The molecular formula is C26H29N3O5. The Bertz CT molecular complexity index is 1080. The fourth-order valence-electron chi connectivity index (χ4n) is 4.76. The molecule has 0 aromatic heterocycles. The Morgan fingerprint density at radius 1 is 0.912 bits per heavy atom. The van der Waals surface area contributed by atoms with Crippen LogP contribution in [0.3, 0.4) is 0 Å². The molecule has 2 aromatic carbocycles. The van der Waals surface area contributed by atoms with Gasteiger partial charge in [-0.25, -0.2) is 0 Å². The van der Waals surface area contributed by atoms with Gasteiger partial charge in [-0.2, -0.15) is 0 Å². The van der Waals surface area contributed by atoms with Gasteiger partial charge in [-0.1, -0.05) is 31.0 Å². The van der Waals surface area contributed by atoms with E-state index >= 15 is 0 Å². The third-order valence-corrected chi connectivity index (χ3v) is 6.37. The highest BCUT2D eigenvalue weighted by molar-refractivity contribution is 5.99. The number of para-hydroxylation sites is 1. The van der Waals surface area contributed by atoms with Gasteiger partial charge in [-0.3, -0.25) is 19.2 Å². The zero-order valence-electron chi connectivity index (χ0n) is 19.2. The van der Waals surface area contributed by atoms with Crippen molar-refractivity contribution >= 4 is 40.8 Å². The number of amides is 3. The number of nitrogens with one attached hydrogen (secondary N) is 2. The van der Waals surface area contributed by atoms with Crippen molar-refractivity contribution in [3.63, 3.8) is 0 Å². The van der Waals surface area contributed by atoms with Crippen LogP contribution in [0.5, 0.6) is 0 Å². The number of benzene rings is 2. The van der Waals surface area contributed by atoms with Gasteiger partial charge in [0.15, 0.2) is 6.61 Å². The van der Waals surface area contributed by atoms with Gasteiger partial charge < -0.3 is 20.3 Å². The SMILES string of the molecule is CC(=O)Nc1ccc(NC(=O)COC(=O)C2CCCCC2C(=O)N2CCc3ccccc32)cc1. The number of ether oxygens (including phenoxy) is 1. The summed E-state index contributed by atoms with van der Waals surface area (Å²) in [5, 5.41) is 5.32. The van der Waals surface area contributed by atoms with Gasteiger partial charge in [0.25, 0.3) is 5.91 Å². The van der Waals surface area contributed by atoms with Crippen LogP contribution in [0.15, 0.2) is 48.5 Å². The molecule has 3 amide bonds. The Hall–Kier alpha value is -3.68. The highest BCUT2D eigenvalue weighted by Crippen LogP contribution is 2.36. The summed E-state index contributed by atoms with van der Waals surface area (Å²) in [5.41, 5.74) is 3.21. The molecular weight excluding hydrogens is 434 g/mol. The van der Waals surface area contributed by atoms with Gasteiger partial charge >= 0.3 is 5.97 Å². The van der Waals surface area contributed by atoms with Crippen LogP contribution in [0.4, 0.5) is 17.1 Å². The predicted molar refractivity (Wildman–Crippen MR) is 128 cm³/mol. The van der Waals surface area contributed by atoms with Crippen LogP contribution in [-0.4, -0.2) is 36.8 Å². The van der Waals surface area contributed by atoms with Gasteiger partial charge in [0.05, 0.1) is 11.8 Å². The lowest BCUT2D eigenvalue weighted by Gasteiger charge is -2.32.